The number of nitrogens with two attached hydrogens (primary N) is 1. The van der Waals surface area contributed by atoms with Crippen LogP contribution in [0.5, 0.6) is 5.75 Å². The molecular weight excluding hydrogens is 269 g/mol. The average molecular weight is 285 g/mol. The van der Waals surface area contributed by atoms with Crippen molar-refractivity contribution in [3.63, 3.8) is 0 Å². The molecule has 0 aliphatic heterocycles. The number of para-hydroxylation sites is 1. The molecule has 0 fully saturated rings. The van der Waals surface area contributed by atoms with Gasteiger partial charge in [-0.2, -0.15) is 0 Å². The third kappa shape index (κ3) is 4.81. The minimum atomic E-state index is -0.762. The molecular formula is C12H16FN3O4. The molecule has 1 aromatic rings. The van der Waals surface area contributed by atoms with E-state index < -0.39 is 16.4 Å². The summed E-state index contributed by atoms with van der Waals surface area (Å²) in [6.45, 7) is 0.145. The molecule has 1 rings (SSSR count). The van der Waals surface area contributed by atoms with Crippen molar-refractivity contribution in [2.75, 3.05) is 6.61 Å². The molecule has 110 valence electrons. The Balaban J connectivity index is 2.39. The predicted octanol–water partition coefficient (Wildman–Crippen LogP) is 1.66. The highest BCUT2D eigenvalue weighted by Gasteiger charge is 2.18. The number of ether oxygens (including phenoxy) is 1. The molecule has 7 nitrogen and oxygen atoms in total. The first-order chi connectivity index (χ1) is 9.56. The van der Waals surface area contributed by atoms with Crippen molar-refractivity contribution in [3.8, 4) is 5.75 Å². The smallest absolute Gasteiger partial charge is 0.314 e. The van der Waals surface area contributed by atoms with Gasteiger partial charge in [0.05, 0.1) is 11.5 Å². The number of carbonyl (C=O) groups is 1. The van der Waals surface area contributed by atoms with E-state index in [2.05, 4.69) is 0 Å². The molecule has 0 aromatic heterocycles. The Morgan fingerprint density at radius 2 is 2.15 bits per heavy atom. The first kappa shape index (κ1) is 15.8. The van der Waals surface area contributed by atoms with Gasteiger partial charge < -0.3 is 4.74 Å². The third-order valence-corrected chi connectivity index (χ3v) is 2.60. The summed E-state index contributed by atoms with van der Waals surface area (Å²) in [6.07, 6.45) is 2.15. The molecule has 0 unspecified atom stereocenters. The van der Waals surface area contributed by atoms with Crippen LogP contribution < -0.4 is 16.0 Å². The summed E-state index contributed by atoms with van der Waals surface area (Å²) in [6, 6.07) is 3.55. The monoisotopic (exact) mass is 285 g/mol. The average Bonchev–Trinajstić information content (AvgIpc) is 2.43. The summed E-state index contributed by atoms with van der Waals surface area (Å²) < 4.78 is 18.6. The lowest BCUT2D eigenvalue weighted by atomic mass is 10.2. The molecule has 0 heterocycles. The van der Waals surface area contributed by atoms with E-state index in [1.54, 1.807) is 0 Å². The van der Waals surface area contributed by atoms with Crippen molar-refractivity contribution in [2.24, 2.45) is 5.84 Å². The SMILES string of the molecule is NNC(=O)CCCCCOc1c(F)cccc1[N+](=O)[O-]. The number of nitro benzene ring substituents is 1. The Bertz CT molecular complexity index is 482. The first-order valence-corrected chi connectivity index (χ1v) is 6.11. The molecule has 1 amide bonds. The maximum absolute atomic E-state index is 13.4. The van der Waals surface area contributed by atoms with Gasteiger partial charge in [-0.05, 0) is 25.3 Å². The highest BCUT2D eigenvalue weighted by molar-refractivity contribution is 5.75. The Kier molecular flexibility index (Phi) is 6.38. The summed E-state index contributed by atoms with van der Waals surface area (Å²) in [5, 5.41) is 10.7. The lowest BCUT2D eigenvalue weighted by Gasteiger charge is -2.07. The third-order valence-electron chi connectivity index (χ3n) is 2.60. The minimum Gasteiger partial charge on any atom is -0.485 e. The van der Waals surface area contributed by atoms with E-state index in [4.69, 9.17) is 10.6 Å². The molecule has 20 heavy (non-hydrogen) atoms. The first-order valence-electron chi connectivity index (χ1n) is 6.11. The zero-order chi connectivity index (χ0) is 15.0. The molecule has 0 aliphatic carbocycles. The molecule has 0 saturated heterocycles. The fourth-order valence-electron chi connectivity index (χ4n) is 1.59. The van der Waals surface area contributed by atoms with Crippen molar-refractivity contribution in [1.82, 2.24) is 5.43 Å². The van der Waals surface area contributed by atoms with Crippen molar-refractivity contribution in [3.05, 3.63) is 34.1 Å². The maximum atomic E-state index is 13.4. The van der Waals surface area contributed by atoms with E-state index in [1.807, 2.05) is 5.43 Å². The number of halogens is 1. The molecule has 8 heteroatoms. The lowest BCUT2D eigenvalue weighted by molar-refractivity contribution is -0.386. The van der Waals surface area contributed by atoms with E-state index in [0.717, 1.165) is 6.07 Å². The Morgan fingerprint density at radius 3 is 2.80 bits per heavy atom. The number of nitrogens with zero attached hydrogens (tertiary/aromatic N) is 1. The molecule has 0 saturated carbocycles. The summed E-state index contributed by atoms with van der Waals surface area (Å²) in [5.74, 6) is 3.55. The van der Waals surface area contributed by atoms with Crippen LogP contribution in [0.1, 0.15) is 25.7 Å². The Hall–Kier alpha value is -2.22. The van der Waals surface area contributed by atoms with Crippen LogP contribution in [0.15, 0.2) is 18.2 Å². The van der Waals surface area contributed by atoms with Crippen LogP contribution in [0.4, 0.5) is 10.1 Å². The summed E-state index contributed by atoms with van der Waals surface area (Å²) >= 11 is 0. The molecule has 3 N–H and O–H groups in total. The summed E-state index contributed by atoms with van der Waals surface area (Å²) in [5.41, 5.74) is 1.62. The van der Waals surface area contributed by atoms with E-state index in [9.17, 15) is 19.3 Å². The maximum Gasteiger partial charge on any atom is 0.314 e. The molecule has 0 aliphatic rings. The molecule has 0 atom stereocenters. The van der Waals surface area contributed by atoms with Crippen molar-refractivity contribution < 1.29 is 18.8 Å². The van der Waals surface area contributed by atoms with Gasteiger partial charge in [0.2, 0.25) is 11.7 Å². The number of amides is 1. The van der Waals surface area contributed by atoms with E-state index in [0.29, 0.717) is 25.7 Å². The van der Waals surface area contributed by atoms with Gasteiger partial charge in [0.1, 0.15) is 0 Å². The molecule has 1 aromatic carbocycles. The minimum absolute atomic E-state index is 0.145. The number of nitrogens with one attached hydrogen (secondary N) is 1. The van der Waals surface area contributed by atoms with E-state index >= 15 is 0 Å². The molecule has 0 bridgehead atoms. The predicted molar refractivity (Wildman–Crippen MR) is 69.3 cm³/mol. The standard InChI is InChI=1S/C12H16FN3O4/c13-9-5-4-6-10(16(18)19)12(9)20-8-3-1-2-7-11(17)15-14/h4-6H,1-3,7-8,14H2,(H,15,17). The van der Waals surface area contributed by atoms with Gasteiger partial charge in [0, 0.05) is 12.5 Å². The van der Waals surface area contributed by atoms with Crippen LogP contribution in [0.2, 0.25) is 0 Å². The number of hydrogen-bond acceptors (Lipinski definition) is 5. The van der Waals surface area contributed by atoms with Crippen LogP contribution in [0.3, 0.4) is 0 Å². The molecule has 0 radical (unpaired) electrons. The van der Waals surface area contributed by atoms with Gasteiger partial charge in [-0.3, -0.25) is 20.3 Å². The number of hydrazine groups is 1. The number of unbranched alkanes of at least 4 members (excludes halogenated alkanes) is 2. The van der Waals surface area contributed by atoms with E-state index in [-0.39, 0.29) is 18.3 Å². The number of benzene rings is 1. The van der Waals surface area contributed by atoms with Gasteiger partial charge in [-0.15, -0.1) is 0 Å². The van der Waals surface area contributed by atoms with Crippen molar-refractivity contribution >= 4 is 11.6 Å². The number of rotatable bonds is 8. The quantitative estimate of drug-likeness (QED) is 0.248. The highest BCUT2D eigenvalue weighted by atomic mass is 19.1. The fourth-order valence-corrected chi connectivity index (χ4v) is 1.59. The van der Waals surface area contributed by atoms with Crippen LogP contribution in [0, 0.1) is 15.9 Å². The Morgan fingerprint density at radius 1 is 1.40 bits per heavy atom. The van der Waals surface area contributed by atoms with Gasteiger partial charge in [0.25, 0.3) is 0 Å². The van der Waals surface area contributed by atoms with E-state index in [1.165, 1.54) is 12.1 Å². The number of hydrogen-bond donors (Lipinski definition) is 2. The number of nitro groups is 1. The zero-order valence-electron chi connectivity index (χ0n) is 10.8. The van der Waals surface area contributed by atoms with Gasteiger partial charge in [-0.1, -0.05) is 6.07 Å². The largest absolute Gasteiger partial charge is 0.485 e. The van der Waals surface area contributed by atoms with Crippen molar-refractivity contribution in [2.45, 2.75) is 25.7 Å². The second-order valence-electron chi connectivity index (χ2n) is 4.07. The van der Waals surface area contributed by atoms with Gasteiger partial charge in [-0.25, -0.2) is 10.2 Å². The van der Waals surface area contributed by atoms with Gasteiger partial charge >= 0.3 is 5.69 Å². The molecule has 0 spiro atoms. The Labute approximate surface area is 115 Å². The van der Waals surface area contributed by atoms with Crippen LogP contribution >= 0.6 is 0 Å². The second-order valence-corrected chi connectivity index (χ2v) is 4.07. The highest BCUT2D eigenvalue weighted by Crippen LogP contribution is 2.29. The zero-order valence-corrected chi connectivity index (χ0v) is 10.8. The number of carbonyl (C=O) groups excluding carboxylic acids is 1. The summed E-state index contributed by atoms with van der Waals surface area (Å²) in [7, 11) is 0. The second kappa shape index (κ2) is 8.05. The summed E-state index contributed by atoms with van der Waals surface area (Å²) in [4.78, 5) is 20.9. The van der Waals surface area contributed by atoms with Crippen LogP contribution in [-0.4, -0.2) is 17.4 Å². The fraction of sp³-hybridized carbons (Fsp3) is 0.417. The van der Waals surface area contributed by atoms with Crippen LogP contribution in [-0.2, 0) is 4.79 Å². The topological polar surface area (TPSA) is 107 Å². The van der Waals surface area contributed by atoms with Gasteiger partial charge in [0.15, 0.2) is 5.82 Å². The van der Waals surface area contributed by atoms with Crippen molar-refractivity contribution in [1.29, 1.82) is 0 Å². The normalized spacial score (nSPS) is 10.1. The lowest BCUT2D eigenvalue weighted by Crippen LogP contribution is -2.29. The van der Waals surface area contributed by atoms with Crippen LogP contribution in [0.25, 0.3) is 0 Å².